The van der Waals surface area contributed by atoms with Crippen molar-refractivity contribution in [1.82, 2.24) is 4.72 Å². The van der Waals surface area contributed by atoms with Crippen molar-refractivity contribution in [2.75, 3.05) is 0 Å². The van der Waals surface area contributed by atoms with E-state index in [-0.39, 0.29) is 16.8 Å². The van der Waals surface area contributed by atoms with Gasteiger partial charge in [-0.2, -0.15) is 0 Å². The highest BCUT2D eigenvalue weighted by atomic mass is 79.9. The molecule has 4 aromatic rings. The lowest BCUT2D eigenvalue weighted by Crippen LogP contribution is -2.36. The summed E-state index contributed by atoms with van der Waals surface area (Å²) in [4.78, 5) is 0. The Morgan fingerprint density at radius 3 is 1.44 bits per heavy atom. The van der Waals surface area contributed by atoms with Gasteiger partial charge in [-0.1, -0.05) is 117 Å². The lowest BCUT2D eigenvalue weighted by atomic mass is 10.00. The maximum Gasteiger partial charge on any atom is 0.0979 e. The number of hydrogen-bond donors (Lipinski definition) is 2. The predicted molar refractivity (Wildman–Crippen MR) is 160 cm³/mol. The zero-order valence-corrected chi connectivity index (χ0v) is 24.7. The molecule has 0 unspecified atom stereocenters. The summed E-state index contributed by atoms with van der Waals surface area (Å²) >= 11 is 6.86. The summed E-state index contributed by atoms with van der Waals surface area (Å²) in [6.07, 6.45) is 0. The van der Waals surface area contributed by atoms with Crippen molar-refractivity contribution in [2.24, 2.45) is 5.73 Å². The van der Waals surface area contributed by atoms with Crippen molar-refractivity contribution >= 4 is 42.8 Å². The third-order valence-electron chi connectivity index (χ3n) is 5.51. The van der Waals surface area contributed by atoms with Crippen LogP contribution in [-0.2, 0) is 11.0 Å². The minimum Gasteiger partial charge on any atom is -0.320 e. The average molecular weight is 628 g/mol. The van der Waals surface area contributed by atoms with Gasteiger partial charge in [0.25, 0.3) is 0 Å². The van der Waals surface area contributed by atoms with Crippen molar-refractivity contribution < 1.29 is 4.21 Å². The summed E-state index contributed by atoms with van der Waals surface area (Å²) in [5, 5.41) is 0. The molecule has 3 nitrogen and oxygen atoms in total. The first-order valence-electron chi connectivity index (χ1n) is 11.7. The normalized spacial score (nSPS) is 13.7. The van der Waals surface area contributed by atoms with Crippen LogP contribution in [0.1, 0.15) is 55.1 Å². The van der Waals surface area contributed by atoms with Crippen LogP contribution in [0.3, 0.4) is 0 Å². The van der Waals surface area contributed by atoms with E-state index in [0.717, 1.165) is 31.2 Å². The fourth-order valence-electron chi connectivity index (χ4n) is 3.44. The summed E-state index contributed by atoms with van der Waals surface area (Å²) < 4.78 is 17.6. The number of rotatable bonds is 6. The number of hydrogen-bond acceptors (Lipinski definition) is 2. The van der Waals surface area contributed by atoms with Gasteiger partial charge in [-0.05, 0) is 67.3 Å². The highest BCUT2D eigenvalue weighted by Gasteiger charge is 2.24. The molecule has 6 heteroatoms. The standard InChI is InChI=1S/C17H20BrNOS.C13H12BrN/c1-17(2,3)21(20)19-16(13-7-5-4-6-8-13)14-9-11-15(18)12-10-14;14-12-8-6-11(7-9-12)13(15)10-4-2-1-3-5-10/h4-12,16,19H,1-3H3;1-9,13H,15H2/t16-,21+;13-/m00/s1. The minimum absolute atomic E-state index is 0.0423. The van der Waals surface area contributed by atoms with Gasteiger partial charge in [-0.25, -0.2) is 8.93 Å². The molecule has 0 spiro atoms. The van der Waals surface area contributed by atoms with E-state index in [9.17, 15) is 4.21 Å². The SMILES string of the molecule is CC(C)(C)[S@@](=O)N[C@@H](c1ccccc1)c1ccc(Br)cc1.N[C@@H](c1ccccc1)c1ccc(Br)cc1. The van der Waals surface area contributed by atoms with Gasteiger partial charge in [0.05, 0.1) is 27.8 Å². The van der Waals surface area contributed by atoms with Crippen molar-refractivity contribution in [2.45, 2.75) is 37.6 Å². The van der Waals surface area contributed by atoms with Crippen molar-refractivity contribution in [3.63, 3.8) is 0 Å². The number of nitrogens with two attached hydrogens (primary N) is 1. The second kappa shape index (κ2) is 13.5. The fourth-order valence-corrected chi connectivity index (χ4v) is 4.80. The van der Waals surface area contributed by atoms with E-state index in [1.807, 2.05) is 106 Å². The van der Waals surface area contributed by atoms with E-state index in [1.54, 1.807) is 0 Å². The van der Waals surface area contributed by atoms with Gasteiger partial charge in [-0.3, -0.25) is 0 Å². The van der Waals surface area contributed by atoms with Crippen LogP contribution in [-0.4, -0.2) is 8.96 Å². The molecule has 0 bridgehead atoms. The Hall–Kier alpha value is -2.09. The molecule has 0 aromatic heterocycles. The Bertz CT molecular complexity index is 1230. The topological polar surface area (TPSA) is 55.1 Å². The molecular formula is C30H32Br2N2OS. The molecule has 0 saturated heterocycles. The van der Waals surface area contributed by atoms with E-state index in [2.05, 4.69) is 60.8 Å². The molecule has 4 aromatic carbocycles. The Morgan fingerprint density at radius 1 is 0.639 bits per heavy atom. The zero-order chi connectivity index (χ0) is 26.1. The van der Waals surface area contributed by atoms with Gasteiger partial charge in [0.2, 0.25) is 0 Å². The molecule has 0 heterocycles. The average Bonchev–Trinajstić information content (AvgIpc) is 2.89. The lowest BCUT2D eigenvalue weighted by molar-refractivity contribution is 0.623. The Morgan fingerprint density at radius 2 is 1.00 bits per heavy atom. The highest BCUT2D eigenvalue weighted by molar-refractivity contribution is 9.10. The van der Waals surface area contributed by atoms with E-state index in [4.69, 9.17) is 5.73 Å². The van der Waals surface area contributed by atoms with Crippen molar-refractivity contribution in [3.8, 4) is 0 Å². The van der Waals surface area contributed by atoms with Crippen LogP contribution in [0, 0.1) is 0 Å². The van der Waals surface area contributed by atoms with Crippen LogP contribution in [0.2, 0.25) is 0 Å². The molecule has 0 aliphatic rings. The lowest BCUT2D eigenvalue weighted by Gasteiger charge is -2.25. The number of halogens is 2. The maximum atomic E-state index is 12.5. The van der Waals surface area contributed by atoms with Crippen LogP contribution < -0.4 is 10.5 Å². The molecule has 0 aliphatic heterocycles. The monoisotopic (exact) mass is 626 g/mol. The van der Waals surface area contributed by atoms with Crippen molar-refractivity contribution in [1.29, 1.82) is 0 Å². The van der Waals surface area contributed by atoms with Gasteiger partial charge in [0, 0.05) is 8.95 Å². The summed E-state index contributed by atoms with van der Waals surface area (Å²) in [6.45, 7) is 5.92. The van der Waals surface area contributed by atoms with Crippen LogP contribution in [0.25, 0.3) is 0 Å². The zero-order valence-electron chi connectivity index (χ0n) is 20.7. The molecular weight excluding hydrogens is 596 g/mol. The highest BCUT2D eigenvalue weighted by Crippen LogP contribution is 2.26. The predicted octanol–water partition coefficient (Wildman–Crippen LogP) is 8.09. The third kappa shape index (κ3) is 8.49. The van der Waals surface area contributed by atoms with Gasteiger partial charge >= 0.3 is 0 Å². The van der Waals surface area contributed by atoms with Gasteiger partial charge in [-0.15, -0.1) is 0 Å². The first-order chi connectivity index (χ1) is 17.1. The molecule has 36 heavy (non-hydrogen) atoms. The van der Waals surface area contributed by atoms with Crippen LogP contribution in [0.5, 0.6) is 0 Å². The molecule has 0 aliphatic carbocycles. The molecule has 0 amide bonds. The maximum absolute atomic E-state index is 12.5. The van der Waals surface area contributed by atoms with E-state index in [1.165, 1.54) is 0 Å². The first-order valence-corrected chi connectivity index (χ1v) is 14.4. The minimum atomic E-state index is -1.14. The molecule has 3 N–H and O–H groups in total. The van der Waals surface area contributed by atoms with Gasteiger partial charge in [0.15, 0.2) is 0 Å². The quantitative estimate of drug-likeness (QED) is 0.227. The van der Waals surface area contributed by atoms with E-state index < -0.39 is 11.0 Å². The largest absolute Gasteiger partial charge is 0.320 e. The summed E-state index contributed by atoms with van der Waals surface area (Å²) in [5.74, 6) is 0. The first kappa shape index (κ1) is 28.5. The number of benzene rings is 4. The smallest absolute Gasteiger partial charge is 0.0979 e. The Labute approximate surface area is 234 Å². The number of nitrogens with one attached hydrogen (secondary N) is 1. The fraction of sp³-hybridized carbons (Fsp3) is 0.200. The van der Waals surface area contributed by atoms with Gasteiger partial charge in [0.1, 0.15) is 0 Å². The van der Waals surface area contributed by atoms with Crippen LogP contribution in [0.15, 0.2) is 118 Å². The van der Waals surface area contributed by atoms with E-state index >= 15 is 0 Å². The molecule has 0 saturated carbocycles. The van der Waals surface area contributed by atoms with E-state index in [0.29, 0.717) is 0 Å². The van der Waals surface area contributed by atoms with Crippen LogP contribution >= 0.6 is 31.9 Å². The summed E-state index contributed by atoms with van der Waals surface area (Å²) in [6, 6.07) is 36.3. The second-order valence-electron chi connectivity index (χ2n) is 9.33. The summed E-state index contributed by atoms with van der Waals surface area (Å²) in [7, 11) is -1.14. The molecule has 3 atom stereocenters. The molecule has 0 radical (unpaired) electrons. The third-order valence-corrected chi connectivity index (χ3v) is 8.12. The summed E-state index contributed by atoms with van der Waals surface area (Å²) in [5.41, 5.74) is 10.6. The molecule has 4 rings (SSSR count). The molecule has 188 valence electrons. The van der Waals surface area contributed by atoms with Crippen LogP contribution in [0.4, 0.5) is 0 Å². The van der Waals surface area contributed by atoms with Gasteiger partial charge < -0.3 is 5.73 Å². The molecule has 0 fully saturated rings. The Kier molecular flexibility index (Phi) is 10.6. The van der Waals surface area contributed by atoms with Crippen molar-refractivity contribution in [3.05, 3.63) is 140 Å². The second-order valence-corrected chi connectivity index (χ2v) is 13.2. The Balaban J connectivity index is 0.000000212.